The minimum Gasteiger partial charge on any atom is -0.388 e. The van der Waals surface area contributed by atoms with Gasteiger partial charge < -0.3 is 5.11 Å². The van der Waals surface area contributed by atoms with Gasteiger partial charge in [-0.2, -0.15) is 65.9 Å². The molecule has 186 valence electrons. The van der Waals surface area contributed by atoms with Crippen LogP contribution in [0.3, 0.4) is 0 Å². The molecular formula is C15H8BrF15O. The van der Waals surface area contributed by atoms with E-state index in [-0.39, 0.29) is 4.47 Å². The highest BCUT2D eigenvalue weighted by atomic mass is 79.9. The Hall–Kier alpha value is -1.39. The Labute approximate surface area is 176 Å². The van der Waals surface area contributed by atoms with Crippen molar-refractivity contribution in [3.63, 3.8) is 0 Å². The average Bonchev–Trinajstić information content (AvgIpc) is 2.59. The fraction of sp³-hybridized carbons (Fsp3) is 0.600. The molecule has 0 saturated carbocycles. The summed E-state index contributed by atoms with van der Waals surface area (Å²) in [5, 5.41) is 9.57. The molecule has 0 aliphatic rings. The van der Waals surface area contributed by atoms with Gasteiger partial charge in [-0.1, -0.05) is 34.1 Å². The molecule has 0 aromatic heterocycles. The lowest BCUT2D eigenvalue weighted by Gasteiger charge is -2.41. The molecule has 1 nitrogen and oxygen atoms in total. The van der Waals surface area contributed by atoms with Gasteiger partial charge in [0.25, 0.3) is 0 Å². The first-order valence-corrected chi connectivity index (χ1v) is 8.45. The maximum atomic E-state index is 13.8. The van der Waals surface area contributed by atoms with Crippen molar-refractivity contribution >= 4 is 15.9 Å². The zero-order chi connectivity index (χ0) is 25.8. The van der Waals surface area contributed by atoms with Gasteiger partial charge in [0.2, 0.25) is 0 Å². The second-order valence-corrected chi connectivity index (χ2v) is 7.17. The van der Waals surface area contributed by atoms with E-state index in [0.29, 0.717) is 0 Å². The van der Waals surface area contributed by atoms with Gasteiger partial charge in [0, 0.05) is 10.9 Å². The SMILES string of the molecule is OC(CC(F)(F)C(F)(F)C(F)(F)C(F)(F)C(F)(F)C(F)(F)C(F)(F)F)c1ccccc1Br. The minimum atomic E-state index is -8.34. The quantitative estimate of drug-likeness (QED) is 0.328. The lowest BCUT2D eigenvalue weighted by atomic mass is 9.88. The van der Waals surface area contributed by atoms with E-state index in [9.17, 15) is 71.0 Å². The van der Waals surface area contributed by atoms with Crippen LogP contribution in [0, 0.1) is 0 Å². The van der Waals surface area contributed by atoms with E-state index in [2.05, 4.69) is 15.9 Å². The van der Waals surface area contributed by atoms with Crippen molar-refractivity contribution in [3.8, 4) is 0 Å². The van der Waals surface area contributed by atoms with Gasteiger partial charge in [-0.3, -0.25) is 0 Å². The smallest absolute Gasteiger partial charge is 0.388 e. The van der Waals surface area contributed by atoms with Crippen LogP contribution in [0.2, 0.25) is 0 Å². The molecule has 0 bridgehead atoms. The summed E-state index contributed by atoms with van der Waals surface area (Å²) in [6.07, 6.45) is -13.3. The van der Waals surface area contributed by atoms with Crippen molar-refractivity contribution in [3.05, 3.63) is 34.3 Å². The molecule has 1 unspecified atom stereocenters. The predicted molar refractivity (Wildman–Crippen MR) is 79.5 cm³/mol. The van der Waals surface area contributed by atoms with Gasteiger partial charge >= 0.3 is 41.7 Å². The van der Waals surface area contributed by atoms with Gasteiger partial charge in [-0.05, 0) is 11.6 Å². The van der Waals surface area contributed by atoms with Gasteiger partial charge in [0.15, 0.2) is 0 Å². The molecule has 0 radical (unpaired) electrons. The van der Waals surface area contributed by atoms with Crippen molar-refractivity contribution < 1.29 is 71.0 Å². The van der Waals surface area contributed by atoms with Crippen LogP contribution >= 0.6 is 15.9 Å². The lowest BCUT2D eigenvalue weighted by molar-refractivity contribution is -0.453. The molecule has 1 rings (SSSR count). The summed E-state index contributed by atoms with van der Waals surface area (Å²) in [7, 11) is 0. The van der Waals surface area contributed by atoms with Crippen LogP contribution in [0.5, 0.6) is 0 Å². The number of hydrogen-bond acceptors (Lipinski definition) is 1. The molecule has 0 aliphatic carbocycles. The normalized spacial score (nSPS) is 16.3. The van der Waals surface area contributed by atoms with E-state index in [0.717, 1.165) is 18.2 Å². The molecule has 0 heterocycles. The molecule has 1 atom stereocenters. The van der Waals surface area contributed by atoms with Crippen LogP contribution in [0.4, 0.5) is 65.9 Å². The Bertz CT molecular complexity index is 817. The highest BCUT2D eigenvalue weighted by Crippen LogP contribution is 2.63. The maximum Gasteiger partial charge on any atom is 0.460 e. The third-order valence-corrected chi connectivity index (χ3v) is 4.83. The predicted octanol–water partition coefficient (Wildman–Crippen LogP) is 7.25. The molecule has 1 aromatic rings. The Balaban J connectivity index is 3.47. The monoisotopic (exact) mass is 568 g/mol. The molecule has 1 N–H and O–H groups in total. The van der Waals surface area contributed by atoms with E-state index >= 15 is 0 Å². The second-order valence-electron chi connectivity index (χ2n) is 6.32. The molecule has 0 aliphatic heterocycles. The number of alkyl halides is 15. The first-order valence-electron chi connectivity index (χ1n) is 7.66. The van der Waals surface area contributed by atoms with E-state index in [1.807, 2.05) is 0 Å². The fourth-order valence-electron chi connectivity index (χ4n) is 2.23. The van der Waals surface area contributed by atoms with E-state index in [1.54, 1.807) is 0 Å². The van der Waals surface area contributed by atoms with E-state index < -0.39 is 59.8 Å². The topological polar surface area (TPSA) is 20.2 Å². The molecule has 32 heavy (non-hydrogen) atoms. The summed E-state index contributed by atoms with van der Waals surface area (Å²) >= 11 is 2.64. The van der Waals surface area contributed by atoms with Crippen LogP contribution < -0.4 is 0 Å². The first-order chi connectivity index (χ1) is 13.9. The molecular weight excluding hydrogens is 561 g/mol. The molecule has 0 amide bonds. The fourth-order valence-corrected chi connectivity index (χ4v) is 2.77. The molecule has 0 spiro atoms. The maximum absolute atomic E-state index is 13.8. The standard InChI is InChI=1S/C15H8BrF15O/c16-7-4-2-1-3-6(7)8(32)5-9(17,18)10(19,20)11(21,22)12(23,24)13(25,26)14(27,28)15(29,30)31/h1-4,8,32H,5H2. The highest BCUT2D eigenvalue weighted by Gasteiger charge is 2.93. The van der Waals surface area contributed by atoms with Crippen LogP contribution in [0.25, 0.3) is 0 Å². The number of benzene rings is 1. The van der Waals surface area contributed by atoms with Gasteiger partial charge in [0.05, 0.1) is 6.10 Å². The summed E-state index contributed by atoms with van der Waals surface area (Å²) < 4.78 is 196. The summed E-state index contributed by atoms with van der Waals surface area (Å²) in [5.74, 6) is -47.0. The van der Waals surface area contributed by atoms with Crippen molar-refractivity contribution in [2.45, 2.75) is 54.2 Å². The van der Waals surface area contributed by atoms with Crippen molar-refractivity contribution in [1.82, 2.24) is 0 Å². The first kappa shape index (κ1) is 28.6. The average molecular weight is 569 g/mol. The summed E-state index contributed by atoms with van der Waals surface area (Å²) in [4.78, 5) is 0. The van der Waals surface area contributed by atoms with Gasteiger partial charge in [-0.15, -0.1) is 0 Å². The molecule has 1 aromatic carbocycles. The largest absolute Gasteiger partial charge is 0.460 e. The Morgan fingerprint density at radius 1 is 0.625 bits per heavy atom. The van der Waals surface area contributed by atoms with Crippen molar-refractivity contribution in [2.24, 2.45) is 0 Å². The highest BCUT2D eigenvalue weighted by molar-refractivity contribution is 9.10. The molecule has 0 fully saturated rings. The Kier molecular flexibility index (Phi) is 7.27. The summed E-state index contributed by atoms with van der Waals surface area (Å²) in [5.41, 5.74) is -0.688. The van der Waals surface area contributed by atoms with Crippen molar-refractivity contribution in [1.29, 1.82) is 0 Å². The van der Waals surface area contributed by atoms with Crippen LogP contribution in [-0.2, 0) is 0 Å². The van der Waals surface area contributed by atoms with E-state index in [4.69, 9.17) is 0 Å². The Morgan fingerprint density at radius 3 is 1.41 bits per heavy atom. The van der Waals surface area contributed by atoms with Gasteiger partial charge in [-0.25, -0.2) is 0 Å². The zero-order valence-corrected chi connectivity index (χ0v) is 16.2. The molecule has 17 heteroatoms. The lowest BCUT2D eigenvalue weighted by Crippen LogP contribution is -2.72. The Morgan fingerprint density at radius 2 is 1.00 bits per heavy atom. The number of rotatable bonds is 8. The summed E-state index contributed by atoms with van der Waals surface area (Å²) in [6.45, 7) is 0. The number of aliphatic hydroxyl groups excluding tert-OH is 1. The van der Waals surface area contributed by atoms with Crippen molar-refractivity contribution in [2.75, 3.05) is 0 Å². The van der Waals surface area contributed by atoms with Gasteiger partial charge in [0.1, 0.15) is 0 Å². The van der Waals surface area contributed by atoms with Crippen LogP contribution in [0.15, 0.2) is 28.7 Å². The number of hydrogen-bond donors (Lipinski definition) is 1. The number of aliphatic hydroxyl groups is 1. The summed E-state index contributed by atoms with van der Waals surface area (Å²) in [6, 6.07) is 4.01. The minimum absolute atomic E-state index is 0.278. The third-order valence-electron chi connectivity index (χ3n) is 4.11. The zero-order valence-electron chi connectivity index (χ0n) is 14.6. The second kappa shape index (κ2) is 8.13. The molecule has 0 saturated heterocycles. The van der Waals surface area contributed by atoms with E-state index in [1.165, 1.54) is 6.07 Å². The van der Waals surface area contributed by atoms with Crippen LogP contribution in [0.1, 0.15) is 18.1 Å². The number of halogens is 16. The van der Waals surface area contributed by atoms with Crippen LogP contribution in [-0.4, -0.2) is 46.8 Å². The third kappa shape index (κ3) is 4.14.